The molecular weight excluding hydrogens is 250 g/mol. The van der Waals surface area contributed by atoms with Crippen LogP contribution in [0.2, 0.25) is 5.02 Å². The van der Waals surface area contributed by atoms with Gasteiger partial charge < -0.3 is 10.5 Å². The summed E-state index contributed by atoms with van der Waals surface area (Å²) < 4.78 is 7.32. The number of aryl methyl sites for hydroxylation is 1. The number of hydrogen-bond acceptors (Lipinski definition) is 3. The van der Waals surface area contributed by atoms with E-state index in [2.05, 4.69) is 5.10 Å². The van der Waals surface area contributed by atoms with Crippen molar-refractivity contribution in [1.29, 1.82) is 0 Å². The van der Waals surface area contributed by atoms with Crippen LogP contribution in [0.15, 0.2) is 24.4 Å². The van der Waals surface area contributed by atoms with Crippen LogP contribution in [0, 0.1) is 6.92 Å². The van der Waals surface area contributed by atoms with E-state index in [1.54, 1.807) is 0 Å². The van der Waals surface area contributed by atoms with Crippen molar-refractivity contribution in [2.45, 2.75) is 19.6 Å². The summed E-state index contributed by atoms with van der Waals surface area (Å²) >= 11 is 6.27. The molecule has 2 aromatic rings. The van der Waals surface area contributed by atoms with Crippen molar-refractivity contribution in [3.05, 3.63) is 46.2 Å². The van der Waals surface area contributed by atoms with E-state index >= 15 is 0 Å². The maximum absolute atomic E-state index is 6.27. The first-order valence-electron chi connectivity index (χ1n) is 5.84. The van der Waals surface area contributed by atoms with Crippen molar-refractivity contribution >= 4 is 11.6 Å². The fourth-order valence-corrected chi connectivity index (χ4v) is 2.60. The lowest BCUT2D eigenvalue weighted by Crippen LogP contribution is -2.24. The van der Waals surface area contributed by atoms with Crippen molar-refractivity contribution in [3.8, 4) is 5.69 Å². The van der Waals surface area contributed by atoms with E-state index in [0.29, 0.717) is 18.2 Å². The Labute approximate surface area is 110 Å². The zero-order valence-electron chi connectivity index (χ0n) is 10.1. The zero-order chi connectivity index (χ0) is 12.7. The first-order chi connectivity index (χ1) is 8.68. The standard InChI is InChI=1S/C13H14ClN3O/c1-8-3-2-4-10(14)13(8)17-12-7-18-6-11(15)9(12)5-16-17/h2-5,11H,6-7,15H2,1H3/t11-/m1/s1. The van der Waals surface area contributed by atoms with Crippen LogP contribution in [0.4, 0.5) is 0 Å². The molecule has 1 aliphatic rings. The molecule has 0 aliphatic carbocycles. The highest BCUT2D eigenvalue weighted by molar-refractivity contribution is 6.32. The number of nitrogens with two attached hydrogens (primary N) is 1. The van der Waals surface area contributed by atoms with Crippen molar-refractivity contribution in [2.75, 3.05) is 6.61 Å². The Balaban J connectivity index is 2.19. The van der Waals surface area contributed by atoms with Crippen LogP contribution in [-0.2, 0) is 11.3 Å². The maximum atomic E-state index is 6.27. The van der Waals surface area contributed by atoms with E-state index in [1.165, 1.54) is 0 Å². The molecule has 2 N–H and O–H groups in total. The first-order valence-corrected chi connectivity index (χ1v) is 6.22. The van der Waals surface area contributed by atoms with Crippen LogP contribution in [-0.4, -0.2) is 16.4 Å². The van der Waals surface area contributed by atoms with Gasteiger partial charge in [0, 0.05) is 5.56 Å². The number of fused-ring (bicyclic) bond motifs is 1. The summed E-state index contributed by atoms with van der Waals surface area (Å²) in [6.07, 6.45) is 1.81. The quantitative estimate of drug-likeness (QED) is 0.859. The van der Waals surface area contributed by atoms with Gasteiger partial charge in [-0.25, -0.2) is 4.68 Å². The summed E-state index contributed by atoms with van der Waals surface area (Å²) in [7, 11) is 0. The monoisotopic (exact) mass is 263 g/mol. The molecule has 0 spiro atoms. The third-order valence-electron chi connectivity index (χ3n) is 3.24. The number of hydrogen-bond donors (Lipinski definition) is 1. The van der Waals surface area contributed by atoms with Gasteiger partial charge >= 0.3 is 0 Å². The van der Waals surface area contributed by atoms with Crippen LogP contribution in [0.3, 0.4) is 0 Å². The molecule has 3 rings (SSSR count). The Morgan fingerprint density at radius 2 is 2.33 bits per heavy atom. The Kier molecular flexibility index (Phi) is 2.86. The molecule has 0 saturated heterocycles. The minimum atomic E-state index is -0.106. The lowest BCUT2D eigenvalue weighted by atomic mass is 10.1. The Bertz CT molecular complexity index is 574. The minimum absolute atomic E-state index is 0.106. The fraction of sp³-hybridized carbons (Fsp3) is 0.308. The van der Waals surface area contributed by atoms with Gasteiger partial charge in [-0.2, -0.15) is 5.10 Å². The molecule has 0 saturated carbocycles. The molecule has 2 heterocycles. The molecular formula is C13H14ClN3O. The van der Waals surface area contributed by atoms with Crippen LogP contribution >= 0.6 is 11.6 Å². The molecule has 0 radical (unpaired) electrons. The second-order valence-corrected chi connectivity index (χ2v) is 4.89. The van der Waals surface area contributed by atoms with Crippen molar-refractivity contribution in [3.63, 3.8) is 0 Å². The molecule has 1 aliphatic heterocycles. The van der Waals surface area contributed by atoms with E-state index in [0.717, 1.165) is 22.5 Å². The summed E-state index contributed by atoms with van der Waals surface area (Å²) in [6.45, 7) is 3.08. The average Bonchev–Trinajstić information content (AvgIpc) is 2.75. The molecule has 94 valence electrons. The van der Waals surface area contributed by atoms with Gasteiger partial charge in [-0.1, -0.05) is 23.7 Å². The minimum Gasteiger partial charge on any atom is -0.373 e. The highest BCUT2D eigenvalue weighted by atomic mass is 35.5. The Morgan fingerprint density at radius 3 is 3.11 bits per heavy atom. The number of benzene rings is 1. The fourth-order valence-electron chi connectivity index (χ4n) is 2.30. The SMILES string of the molecule is Cc1cccc(Cl)c1-n1ncc2c1COC[C@H]2N. The number of nitrogens with zero attached hydrogens (tertiary/aromatic N) is 2. The molecule has 18 heavy (non-hydrogen) atoms. The highest BCUT2D eigenvalue weighted by Gasteiger charge is 2.23. The summed E-state index contributed by atoms with van der Waals surface area (Å²) in [6, 6.07) is 5.70. The van der Waals surface area contributed by atoms with Crippen LogP contribution in [0.5, 0.6) is 0 Å². The smallest absolute Gasteiger partial charge is 0.0893 e. The van der Waals surface area contributed by atoms with Gasteiger partial charge in [0.15, 0.2) is 0 Å². The van der Waals surface area contributed by atoms with Gasteiger partial charge in [-0.05, 0) is 18.6 Å². The number of para-hydroxylation sites is 1. The van der Waals surface area contributed by atoms with Gasteiger partial charge in [0.25, 0.3) is 0 Å². The summed E-state index contributed by atoms with van der Waals surface area (Å²) in [5, 5.41) is 5.09. The number of halogens is 1. The van der Waals surface area contributed by atoms with Crippen LogP contribution in [0.1, 0.15) is 22.9 Å². The molecule has 1 aromatic carbocycles. The molecule has 5 heteroatoms. The summed E-state index contributed by atoms with van der Waals surface area (Å²) in [5.74, 6) is 0. The second-order valence-electron chi connectivity index (χ2n) is 4.49. The Morgan fingerprint density at radius 1 is 1.50 bits per heavy atom. The van der Waals surface area contributed by atoms with Gasteiger partial charge in [0.05, 0.1) is 41.9 Å². The average molecular weight is 264 g/mol. The third kappa shape index (κ3) is 1.73. The second kappa shape index (κ2) is 4.39. The summed E-state index contributed by atoms with van der Waals surface area (Å²) in [4.78, 5) is 0. The van der Waals surface area contributed by atoms with Crippen molar-refractivity contribution < 1.29 is 4.74 Å². The highest BCUT2D eigenvalue weighted by Crippen LogP contribution is 2.29. The third-order valence-corrected chi connectivity index (χ3v) is 3.54. The summed E-state index contributed by atoms with van der Waals surface area (Å²) in [5.41, 5.74) is 10.0. The van der Waals surface area contributed by atoms with Crippen LogP contribution in [0.25, 0.3) is 5.69 Å². The van der Waals surface area contributed by atoms with E-state index < -0.39 is 0 Å². The predicted octanol–water partition coefficient (Wildman–Crippen LogP) is 2.36. The molecule has 0 fully saturated rings. The number of aromatic nitrogens is 2. The maximum Gasteiger partial charge on any atom is 0.0893 e. The van der Waals surface area contributed by atoms with Crippen molar-refractivity contribution in [1.82, 2.24) is 9.78 Å². The van der Waals surface area contributed by atoms with Gasteiger partial charge in [0.1, 0.15) is 0 Å². The molecule has 4 nitrogen and oxygen atoms in total. The van der Waals surface area contributed by atoms with Gasteiger partial charge in [0.2, 0.25) is 0 Å². The predicted molar refractivity (Wildman–Crippen MR) is 69.9 cm³/mol. The zero-order valence-corrected chi connectivity index (χ0v) is 10.8. The molecule has 0 amide bonds. The topological polar surface area (TPSA) is 53.1 Å². The van der Waals surface area contributed by atoms with E-state index in [4.69, 9.17) is 22.1 Å². The van der Waals surface area contributed by atoms with E-state index in [9.17, 15) is 0 Å². The molecule has 1 atom stereocenters. The molecule has 0 bridgehead atoms. The van der Waals surface area contributed by atoms with E-state index in [-0.39, 0.29) is 6.04 Å². The molecule has 1 aromatic heterocycles. The van der Waals surface area contributed by atoms with Crippen LogP contribution < -0.4 is 5.73 Å². The van der Waals surface area contributed by atoms with Gasteiger partial charge in [-0.15, -0.1) is 0 Å². The van der Waals surface area contributed by atoms with E-state index in [1.807, 2.05) is 36.0 Å². The first kappa shape index (κ1) is 11.7. The Hall–Kier alpha value is -1.36. The van der Waals surface area contributed by atoms with Crippen molar-refractivity contribution in [2.24, 2.45) is 5.73 Å². The lowest BCUT2D eigenvalue weighted by molar-refractivity contribution is 0.0885. The lowest BCUT2D eigenvalue weighted by Gasteiger charge is -2.21. The number of rotatable bonds is 1. The normalized spacial score (nSPS) is 18.7. The van der Waals surface area contributed by atoms with Gasteiger partial charge in [-0.3, -0.25) is 0 Å². The molecule has 0 unspecified atom stereocenters. The largest absolute Gasteiger partial charge is 0.373 e. The number of ether oxygens (including phenoxy) is 1.